The quantitative estimate of drug-likeness (QED) is 0.322. The number of rotatable bonds is 7. The van der Waals surface area contributed by atoms with E-state index in [0.717, 1.165) is 41.3 Å². The topological polar surface area (TPSA) is 114 Å². The normalized spacial score (nSPS) is 20.4. The third-order valence-corrected chi connectivity index (χ3v) is 9.54. The van der Waals surface area contributed by atoms with Crippen molar-refractivity contribution < 1.29 is 13.2 Å². The van der Waals surface area contributed by atoms with Crippen LogP contribution >= 0.6 is 0 Å². The summed E-state index contributed by atoms with van der Waals surface area (Å²) in [6.07, 6.45) is 5.75. The Balaban J connectivity index is 1.40. The first-order valence-corrected chi connectivity index (χ1v) is 15.8. The molecule has 0 aliphatic carbocycles. The summed E-state index contributed by atoms with van der Waals surface area (Å²) >= 11 is 0. The molecule has 4 aromatic rings. The zero-order chi connectivity index (χ0) is 29.4. The van der Waals surface area contributed by atoms with Crippen LogP contribution in [0.4, 0.5) is 11.6 Å². The van der Waals surface area contributed by atoms with Crippen molar-refractivity contribution in [3.8, 4) is 0 Å². The molecule has 220 valence electrons. The molecule has 0 bridgehead atoms. The second-order valence-electron chi connectivity index (χ2n) is 11.3. The molecule has 5 heterocycles. The van der Waals surface area contributed by atoms with E-state index >= 15 is 0 Å². The lowest BCUT2D eigenvalue weighted by Crippen LogP contribution is -2.54. The minimum atomic E-state index is -3.91. The first-order valence-electron chi connectivity index (χ1n) is 14.4. The first-order chi connectivity index (χ1) is 20.2. The van der Waals surface area contributed by atoms with Crippen molar-refractivity contribution in [2.45, 2.75) is 57.1 Å². The van der Waals surface area contributed by atoms with Crippen molar-refractivity contribution in [1.29, 1.82) is 0 Å². The van der Waals surface area contributed by atoms with E-state index in [1.807, 2.05) is 32.1 Å². The molecule has 0 saturated carbocycles. The second-order valence-corrected chi connectivity index (χ2v) is 13.1. The number of pyridine rings is 1. The SMILES string of the molecule is Cc1ccc(S(=O)(=O)n2cc(C3=CCOCC3)c3c(N[C@@H](C)c4cccc(N5C[C@@H](C)N[C@@H](C)C5)n4)ncnc32)cc1. The molecule has 3 aromatic heterocycles. The summed E-state index contributed by atoms with van der Waals surface area (Å²) < 4.78 is 34.6. The summed E-state index contributed by atoms with van der Waals surface area (Å²) in [6, 6.07) is 13.5. The van der Waals surface area contributed by atoms with Crippen LogP contribution in [0.5, 0.6) is 0 Å². The summed E-state index contributed by atoms with van der Waals surface area (Å²) in [4.78, 5) is 16.6. The Hall–Kier alpha value is -3.80. The van der Waals surface area contributed by atoms with Crippen LogP contribution in [0.3, 0.4) is 0 Å². The van der Waals surface area contributed by atoms with Gasteiger partial charge in [-0.25, -0.2) is 27.3 Å². The minimum Gasteiger partial charge on any atom is -0.377 e. The molecule has 1 saturated heterocycles. The molecule has 10 nitrogen and oxygen atoms in total. The Kier molecular flexibility index (Phi) is 7.73. The number of hydrogen-bond donors (Lipinski definition) is 2. The monoisotopic (exact) mass is 587 g/mol. The fourth-order valence-corrected chi connectivity index (χ4v) is 7.13. The molecule has 0 radical (unpaired) electrons. The predicted molar refractivity (Wildman–Crippen MR) is 165 cm³/mol. The van der Waals surface area contributed by atoms with Crippen molar-refractivity contribution in [1.82, 2.24) is 24.2 Å². The van der Waals surface area contributed by atoms with Crippen LogP contribution < -0.4 is 15.5 Å². The number of anilines is 2. The van der Waals surface area contributed by atoms with Crippen LogP contribution in [0.1, 0.15) is 50.1 Å². The first kappa shape index (κ1) is 28.3. The molecule has 42 heavy (non-hydrogen) atoms. The van der Waals surface area contributed by atoms with Gasteiger partial charge in [0.25, 0.3) is 10.0 Å². The van der Waals surface area contributed by atoms with Gasteiger partial charge in [0.05, 0.1) is 35.2 Å². The van der Waals surface area contributed by atoms with Gasteiger partial charge in [-0.15, -0.1) is 0 Å². The predicted octanol–water partition coefficient (Wildman–Crippen LogP) is 4.54. The Morgan fingerprint density at radius 3 is 2.55 bits per heavy atom. The fourth-order valence-electron chi connectivity index (χ4n) is 5.82. The highest BCUT2D eigenvalue weighted by molar-refractivity contribution is 7.90. The second kappa shape index (κ2) is 11.5. The number of fused-ring (bicyclic) bond motifs is 1. The number of aromatic nitrogens is 4. The maximum atomic E-state index is 13.9. The third kappa shape index (κ3) is 5.51. The maximum absolute atomic E-state index is 13.9. The van der Waals surface area contributed by atoms with Gasteiger partial charge >= 0.3 is 0 Å². The summed E-state index contributed by atoms with van der Waals surface area (Å²) in [6.45, 7) is 11.2. The van der Waals surface area contributed by atoms with Gasteiger partial charge in [0.15, 0.2) is 5.65 Å². The van der Waals surface area contributed by atoms with E-state index in [2.05, 4.69) is 45.4 Å². The number of nitrogens with zero attached hydrogens (tertiary/aromatic N) is 5. The lowest BCUT2D eigenvalue weighted by molar-refractivity contribution is 0.161. The average molecular weight is 588 g/mol. The van der Waals surface area contributed by atoms with E-state index in [1.54, 1.807) is 30.5 Å². The third-order valence-electron chi connectivity index (χ3n) is 7.87. The minimum absolute atomic E-state index is 0.200. The number of nitrogens with one attached hydrogen (secondary N) is 2. The van der Waals surface area contributed by atoms with Crippen LogP contribution in [-0.2, 0) is 14.8 Å². The molecule has 0 amide bonds. The zero-order valence-corrected chi connectivity index (χ0v) is 25.2. The number of aryl methyl sites for hydroxylation is 1. The molecule has 11 heteroatoms. The highest BCUT2D eigenvalue weighted by Gasteiger charge is 2.27. The van der Waals surface area contributed by atoms with Crippen LogP contribution in [-0.4, -0.2) is 65.7 Å². The molecule has 1 fully saturated rings. The van der Waals surface area contributed by atoms with E-state index in [9.17, 15) is 8.42 Å². The van der Waals surface area contributed by atoms with E-state index in [-0.39, 0.29) is 10.9 Å². The average Bonchev–Trinajstić information content (AvgIpc) is 3.39. The summed E-state index contributed by atoms with van der Waals surface area (Å²) in [7, 11) is -3.91. The Morgan fingerprint density at radius 1 is 1.07 bits per heavy atom. The van der Waals surface area contributed by atoms with Gasteiger partial charge in [0.2, 0.25) is 0 Å². The molecule has 6 rings (SSSR count). The van der Waals surface area contributed by atoms with Crippen molar-refractivity contribution >= 4 is 38.3 Å². The number of benzene rings is 1. The van der Waals surface area contributed by atoms with Gasteiger partial charge in [-0.05, 0) is 64.0 Å². The van der Waals surface area contributed by atoms with Crippen LogP contribution in [0, 0.1) is 6.92 Å². The van der Waals surface area contributed by atoms with E-state index in [4.69, 9.17) is 9.72 Å². The van der Waals surface area contributed by atoms with Gasteiger partial charge in [0.1, 0.15) is 18.0 Å². The molecule has 2 aliphatic rings. The molecule has 1 aromatic carbocycles. The van der Waals surface area contributed by atoms with E-state index in [0.29, 0.717) is 48.6 Å². The Bertz CT molecular complexity index is 1720. The van der Waals surface area contributed by atoms with Gasteiger partial charge in [0, 0.05) is 36.9 Å². The van der Waals surface area contributed by atoms with Crippen molar-refractivity contribution in [3.63, 3.8) is 0 Å². The van der Waals surface area contributed by atoms with Crippen molar-refractivity contribution in [3.05, 3.63) is 77.9 Å². The molecule has 0 unspecified atom stereocenters. The Morgan fingerprint density at radius 2 is 1.83 bits per heavy atom. The van der Waals surface area contributed by atoms with Crippen LogP contribution in [0.15, 0.2) is 66.0 Å². The smallest absolute Gasteiger partial charge is 0.269 e. The van der Waals surface area contributed by atoms with Gasteiger partial charge in [-0.1, -0.05) is 29.8 Å². The summed E-state index contributed by atoms with van der Waals surface area (Å²) in [5, 5.41) is 7.76. The largest absolute Gasteiger partial charge is 0.377 e. The highest BCUT2D eigenvalue weighted by Crippen LogP contribution is 2.36. The lowest BCUT2D eigenvalue weighted by atomic mass is 10.0. The molecule has 3 atom stereocenters. The lowest BCUT2D eigenvalue weighted by Gasteiger charge is -2.37. The fraction of sp³-hybridized carbons (Fsp3) is 0.387. The number of piperazine rings is 1. The number of ether oxygens (including phenoxy) is 1. The van der Waals surface area contributed by atoms with Crippen LogP contribution in [0.2, 0.25) is 0 Å². The van der Waals surface area contributed by atoms with Gasteiger partial charge in [-0.3, -0.25) is 0 Å². The van der Waals surface area contributed by atoms with Gasteiger partial charge < -0.3 is 20.3 Å². The van der Waals surface area contributed by atoms with Crippen molar-refractivity contribution in [2.24, 2.45) is 0 Å². The molecular formula is C31H37N7O3S. The Labute approximate surface area is 246 Å². The molecular weight excluding hydrogens is 550 g/mol. The highest BCUT2D eigenvalue weighted by atomic mass is 32.2. The molecule has 0 spiro atoms. The maximum Gasteiger partial charge on any atom is 0.269 e. The van der Waals surface area contributed by atoms with Crippen LogP contribution in [0.25, 0.3) is 16.6 Å². The number of hydrogen-bond acceptors (Lipinski definition) is 9. The summed E-state index contributed by atoms with van der Waals surface area (Å²) in [5.41, 5.74) is 3.98. The van der Waals surface area contributed by atoms with E-state index < -0.39 is 10.0 Å². The molecule has 2 aliphatic heterocycles. The van der Waals surface area contributed by atoms with Gasteiger partial charge in [-0.2, -0.15) is 0 Å². The summed E-state index contributed by atoms with van der Waals surface area (Å²) in [5.74, 6) is 1.50. The molecule has 2 N–H and O–H groups in total. The standard InChI is InChI=1S/C31H37N7O3S/c1-20-8-10-25(11-9-20)42(39,40)38-18-26(24-12-14-41-15-13-24)29-30(32-19-33-31(29)38)35-23(4)27-6-5-7-28(36-27)37-16-21(2)34-22(3)17-37/h5-12,18-19,21-23,34H,13-17H2,1-4H3,(H,32,33,35)/t21-,22+,23-/m0/s1. The zero-order valence-electron chi connectivity index (χ0n) is 24.4. The van der Waals surface area contributed by atoms with E-state index in [1.165, 1.54) is 10.3 Å². The van der Waals surface area contributed by atoms with Crippen molar-refractivity contribution in [2.75, 3.05) is 36.5 Å².